The molecule has 1 unspecified atom stereocenters. The van der Waals surface area contributed by atoms with Crippen molar-refractivity contribution in [2.75, 3.05) is 39.3 Å². The van der Waals surface area contributed by atoms with Crippen molar-refractivity contribution in [2.24, 2.45) is 4.99 Å². The molecule has 1 aromatic rings. The first kappa shape index (κ1) is 26.8. The second-order valence-corrected chi connectivity index (χ2v) is 8.37. The molecule has 2 N–H and O–H groups in total. The molecule has 0 aromatic carbocycles. The summed E-state index contributed by atoms with van der Waals surface area (Å²) in [6.45, 7) is 7.63. The molecule has 10 heteroatoms. The molecule has 32 heavy (non-hydrogen) atoms. The van der Waals surface area contributed by atoms with E-state index in [-0.39, 0.29) is 30.1 Å². The number of carbonyl (C=O) groups is 1. The lowest BCUT2D eigenvalue weighted by Crippen LogP contribution is -2.41. The van der Waals surface area contributed by atoms with Crippen molar-refractivity contribution in [1.29, 1.82) is 0 Å². The number of likely N-dealkylation sites (tertiary alicyclic amines) is 1. The van der Waals surface area contributed by atoms with E-state index in [9.17, 15) is 4.79 Å². The van der Waals surface area contributed by atoms with Gasteiger partial charge >= 0.3 is 0 Å². The van der Waals surface area contributed by atoms with Crippen molar-refractivity contribution in [3.63, 3.8) is 0 Å². The van der Waals surface area contributed by atoms with Crippen molar-refractivity contribution in [3.8, 4) is 0 Å². The number of carbonyl (C=O) groups excluding carboxylic acids is 1. The first-order valence-electron chi connectivity index (χ1n) is 12.0. The highest BCUT2D eigenvalue weighted by Gasteiger charge is 2.16. The fraction of sp³-hybridized carbons (Fsp3) is 0.818. The zero-order chi connectivity index (χ0) is 21.7. The number of aromatic nitrogens is 3. The summed E-state index contributed by atoms with van der Waals surface area (Å²) in [5.41, 5.74) is 0. The molecule has 9 nitrogen and oxygen atoms in total. The van der Waals surface area contributed by atoms with Crippen molar-refractivity contribution >= 4 is 35.8 Å². The highest BCUT2D eigenvalue weighted by molar-refractivity contribution is 14.0. The van der Waals surface area contributed by atoms with E-state index in [1.54, 1.807) is 6.33 Å². The number of nitrogens with one attached hydrogen (secondary N) is 2. The van der Waals surface area contributed by atoms with Crippen LogP contribution < -0.4 is 10.6 Å². The molecular weight excluding hydrogens is 521 g/mol. The molecule has 1 aromatic heterocycles. The maximum Gasteiger partial charge on any atom is 0.222 e. The zero-order valence-electron chi connectivity index (χ0n) is 19.4. The summed E-state index contributed by atoms with van der Waals surface area (Å²) in [6, 6.07) is 0. The Morgan fingerprint density at radius 3 is 2.88 bits per heavy atom. The van der Waals surface area contributed by atoms with Crippen LogP contribution in [0, 0.1) is 0 Å². The number of halogens is 1. The lowest BCUT2D eigenvalue weighted by molar-refractivity contribution is -0.130. The van der Waals surface area contributed by atoms with Crippen LogP contribution in [0.3, 0.4) is 0 Å². The first-order chi connectivity index (χ1) is 15.3. The number of ether oxygens (including phenoxy) is 1. The first-order valence-corrected chi connectivity index (χ1v) is 12.0. The largest absolute Gasteiger partial charge is 0.376 e. The Morgan fingerprint density at radius 1 is 1.19 bits per heavy atom. The lowest BCUT2D eigenvalue weighted by Gasteiger charge is -2.22. The minimum atomic E-state index is 0. The van der Waals surface area contributed by atoms with E-state index in [0.29, 0.717) is 18.9 Å². The Labute approximate surface area is 209 Å². The summed E-state index contributed by atoms with van der Waals surface area (Å²) in [7, 11) is 0. The highest BCUT2D eigenvalue weighted by Crippen LogP contribution is 2.13. The van der Waals surface area contributed by atoms with Crippen LogP contribution in [0.2, 0.25) is 0 Å². The summed E-state index contributed by atoms with van der Waals surface area (Å²) >= 11 is 0. The van der Waals surface area contributed by atoms with E-state index >= 15 is 0 Å². The van der Waals surface area contributed by atoms with E-state index in [1.807, 2.05) is 4.90 Å². The Morgan fingerprint density at radius 2 is 2.06 bits per heavy atom. The second-order valence-electron chi connectivity index (χ2n) is 8.37. The van der Waals surface area contributed by atoms with Crippen molar-refractivity contribution < 1.29 is 9.53 Å². The molecule has 2 saturated heterocycles. The maximum atomic E-state index is 12.2. The van der Waals surface area contributed by atoms with Crippen LogP contribution in [-0.2, 0) is 22.5 Å². The van der Waals surface area contributed by atoms with Gasteiger partial charge in [-0.3, -0.25) is 9.79 Å². The number of hydrogen-bond donors (Lipinski definition) is 2. The third kappa shape index (κ3) is 9.21. The molecule has 2 fully saturated rings. The van der Waals surface area contributed by atoms with Crippen LogP contribution in [0.15, 0.2) is 11.3 Å². The van der Waals surface area contributed by atoms with Crippen molar-refractivity contribution in [1.82, 2.24) is 30.3 Å². The quantitative estimate of drug-likeness (QED) is 0.197. The predicted molar refractivity (Wildman–Crippen MR) is 136 cm³/mol. The number of aliphatic imine (C=N–C) groups is 1. The van der Waals surface area contributed by atoms with Gasteiger partial charge in [-0.15, -0.1) is 34.2 Å². The predicted octanol–water partition coefficient (Wildman–Crippen LogP) is 2.36. The van der Waals surface area contributed by atoms with Gasteiger partial charge in [0.2, 0.25) is 5.91 Å². The summed E-state index contributed by atoms with van der Waals surface area (Å²) < 4.78 is 7.89. The molecule has 3 heterocycles. The Kier molecular flexibility index (Phi) is 12.9. The smallest absolute Gasteiger partial charge is 0.222 e. The summed E-state index contributed by atoms with van der Waals surface area (Å²) in [5, 5.41) is 15.0. The lowest BCUT2D eigenvalue weighted by atomic mass is 10.1. The standard InChI is InChI=1S/C22H39N7O2.HI/c1-2-20-27-26-18-29(20)15-12-24-22(25-17-19-9-5-7-16-31-19)23-11-8-14-28-13-6-3-4-10-21(28)30;/h18-19H,2-17H2,1H3,(H2,23,24,25);1H. The molecule has 2 aliphatic heterocycles. The topological polar surface area (TPSA) is 96.7 Å². The van der Waals surface area contributed by atoms with Crippen LogP contribution in [-0.4, -0.2) is 77.0 Å². The monoisotopic (exact) mass is 561 g/mol. The van der Waals surface area contributed by atoms with Crippen LogP contribution in [0.1, 0.15) is 64.1 Å². The molecule has 182 valence electrons. The molecule has 1 amide bonds. The van der Waals surface area contributed by atoms with Gasteiger partial charge in [-0.2, -0.15) is 0 Å². The van der Waals surface area contributed by atoms with Gasteiger partial charge in [0.1, 0.15) is 12.2 Å². The molecule has 0 radical (unpaired) electrons. The summed E-state index contributed by atoms with van der Waals surface area (Å²) in [5.74, 6) is 2.10. The van der Waals surface area contributed by atoms with Gasteiger partial charge in [0.05, 0.1) is 12.6 Å². The number of guanidine groups is 1. The fourth-order valence-corrected chi connectivity index (χ4v) is 4.10. The molecule has 2 aliphatic rings. The number of nitrogens with zero attached hydrogens (tertiary/aromatic N) is 5. The van der Waals surface area contributed by atoms with Crippen LogP contribution >= 0.6 is 24.0 Å². The molecular formula is C22H40IN7O2. The minimum Gasteiger partial charge on any atom is -0.376 e. The number of aryl methyl sites for hydroxylation is 1. The van der Waals surface area contributed by atoms with Gasteiger partial charge in [0, 0.05) is 52.2 Å². The molecule has 3 rings (SSSR count). The van der Waals surface area contributed by atoms with Gasteiger partial charge in [-0.05, 0) is 38.5 Å². The SMILES string of the molecule is CCc1nncn1CCNC(=NCC1CCCCO1)NCCCN1CCCCCC1=O.I. The zero-order valence-corrected chi connectivity index (χ0v) is 21.8. The van der Waals surface area contributed by atoms with E-state index < -0.39 is 0 Å². The Bertz CT molecular complexity index is 692. The summed E-state index contributed by atoms with van der Waals surface area (Å²) in [4.78, 5) is 19.0. The van der Waals surface area contributed by atoms with Gasteiger partial charge in [-0.1, -0.05) is 13.3 Å². The van der Waals surface area contributed by atoms with Gasteiger partial charge in [-0.25, -0.2) is 0 Å². The average Bonchev–Trinajstić information content (AvgIpc) is 3.16. The van der Waals surface area contributed by atoms with Crippen molar-refractivity contribution in [2.45, 2.75) is 77.4 Å². The van der Waals surface area contributed by atoms with Crippen LogP contribution in [0.25, 0.3) is 0 Å². The Balaban J connectivity index is 0.00000363. The Hall–Kier alpha value is -1.43. The van der Waals surface area contributed by atoms with Crippen molar-refractivity contribution in [3.05, 3.63) is 12.2 Å². The molecule has 0 spiro atoms. The maximum absolute atomic E-state index is 12.2. The van der Waals surface area contributed by atoms with E-state index in [0.717, 1.165) is 96.1 Å². The minimum absolute atomic E-state index is 0. The third-order valence-electron chi connectivity index (χ3n) is 5.95. The molecule has 0 saturated carbocycles. The molecule has 0 aliphatic carbocycles. The third-order valence-corrected chi connectivity index (χ3v) is 5.95. The second kappa shape index (κ2) is 15.4. The average molecular weight is 562 g/mol. The van der Waals surface area contributed by atoms with E-state index in [1.165, 1.54) is 6.42 Å². The normalized spacial score (nSPS) is 19.9. The van der Waals surface area contributed by atoms with Gasteiger partial charge < -0.3 is 24.8 Å². The number of rotatable bonds is 10. The number of amides is 1. The van der Waals surface area contributed by atoms with E-state index in [2.05, 4.69) is 32.3 Å². The molecule has 0 bridgehead atoms. The molecule has 1 atom stereocenters. The fourth-order valence-electron chi connectivity index (χ4n) is 4.10. The summed E-state index contributed by atoms with van der Waals surface area (Å²) in [6.07, 6.45) is 11.2. The van der Waals surface area contributed by atoms with Crippen LogP contribution in [0.4, 0.5) is 0 Å². The van der Waals surface area contributed by atoms with E-state index in [4.69, 9.17) is 9.73 Å². The van der Waals surface area contributed by atoms with Crippen LogP contribution in [0.5, 0.6) is 0 Å². The van der Waals surface area contributed by atoms with Gasteiger partial charge in [0.15, 0.2) is 5.96 Å². The highest BCUT2D eigenvalue weighted by atomic mass is 127. The number of hydrogen-bond acceptors (Lipinski definition) is 5. The van der Waals surface area contributed by atoms with Gasteiger partial charge in [0.25, 0.3) is 0 Å².